The molecule has 0 amide bonds. The summed E-state index contributed by atoms with van der Waals surface area (Å²) in [6.45, 7) is 19.1. The van der Waals surface area contributed by atoms with Gasteiger partial charge in [-0.05, 0) is 35.5 Å². The van der Waals surface area contributed by atoms with Crippen molar-refractivity contribution in [2.24, 2.45) is 22.7 Å². The monoisotopic (exact) mass is 226 g/mol. The van der Waals surface area contributed by atoms with E-state index in [2.05, 4.69) is 55.4 Å². The van der Waals surface area contributed by atoms with Gasteiger partial charge >= 0.3 is 0 Å². The van der Waals surface area contributed by atoms with Crippen LogP contribution < -0.4 is 0 Å². The summed E-state index contributed by atoms with van der Waals surface area (Å²) >= 11 is 0. The van der Waals surface area contributed by atoms with Crippen LogP contribution in [0.2, 0.25) is 0 Å². The van der Waals surface area contributed by atoms with Crippen LogP contribution in [-0.4, -0.2) is 0 Å². The molecule has 0 aromatic heterocycles. The molecule has 3 unspecified atom stereocenters. The van der Waals surface area contributed by atoms with E-state index in [1.54, 1.807) is 0 Å². The molecule has 0 fully saturated rings. The lowest BCUT2D eigenvalue weighted by Gasteiger charge is -2.40. The summed E-state index contributed by atoms with van der Waals surface area (Å²) in [7, 11) is 0. The van der Waals surface area contributed by atoms with Crippen molar-refractivity contribution in [3.8, 4) is 0 Å². The van der Waals surface area contributed by atoms with Crippen molar-refractivity contribution in [3.63, 3.8) is 0 Å². The first-order chi connectivity index (χ1) is 7.16. The SMILES string of the molecule is CCC(C)C(C)C(C)(CC)CCC(C)(C)C. The van der Waals surface area contributed by atoms with Crippen LogP contribution in [-0.2, 0) is 0 Å². The van der Waals surface area contributed by atoms with Crippen molar-refractivity contribution in [1.82, 2.24) is 0 Å². The van der Waals surface area contributed by atoms with E-state index in [-0.39, 0.29) is 0 Å². The van der Waals surface area contributed by atoms with Gasteiger partial charge in [0, 0.05) is 0 Å². The van der Waals surface area contributed by atoms with E-state index in [0.29, 0.717) is 10.8 Å². The van der Waals surface area contributed by atoms with Crippen molar-refractivity contribution in [1.29, 1.82) is 0 Å². The lowest BCUT2D eigenvalue weighted by Crippen LogP contribution is -2.30. The fourth-order valence-corrected chi connectivity index (χ4v) is 2.43. The van der Waals surface area contributed by atoms with Crippen molar-refractivity contribution in [2.45, 2.75) is 81.1 Å². The molecule has 0 bridgehead atoms. The molecule has 0 N–H and O–H groups in total. The first-order valence-electron chi connectivity index (χ1n) is 7.16. The second-order valence-corrected chi connectivity index (χ2v) is 7.24. The maximum Gasteiger partial charge on any atom is -0.0300 e. The summed E-state index contributed by atoms with van der Waals surface area (Å²) in [6, 6.07) is 0. The van der Waals surface area contributed by atoms with Gasteiger partial charge in [-0.2, -0.15) is 0 Å². The van der Waals surface area contributed by atoms with Crippen LogP contribution in [0.4, 0.5) is 0 Å². The Labute approximate surface area is 104 Å². The lowest BCUT2D eigenvalue weighted by atomic mass is 9.65. The van der Waals surface area contributed by atoms with Crippen LogP contribution in [0.5, 0.6) is 0 Å². The minimum atomic E-state index is 0.478. The van der Waals surface area contributed by atoms with Crippen LogP contribution in [0, 0.1) is 22.7 Å². The van der Waals surface area contributed by atoms with Gasteiger partial charge in [-0.25, -0.2) is 0 Å². The van der Waals surface area contributed by atoms with Crippen molar-refractivity contribution < 1.29 is 0 Å². The van der Waals surface area contributed by atoms with Gasteiger partial charge in [0.2, 0.25) is 0 Å². The maximum absolute atomic E-state index is 2.50. The van der Waals surface area contributed by atoms with Crippen molar-refractivity contribution >= 4 is 0 Å². The molecule has 0 rings (SSSR count). The fraction of sp³-hybridized carbons (Fsp3) is 1.00. The molecule has 0 heteroatoms. The summed E-state index contributed by atoms with van der Waals surface area (Å²) in [4.78, 5) is 0. The third-order valence-corrected chi connectivity index (χ3v) is 4.85. The van der Waals surface area contributed by atoms with E-state index >= 15 is 0 Å². The zero-order valence-electron chi connectivity index (χ0n) is 13.0. The summed E-state index contributed by atoms with van der Waals surface area (Å²) in [5.74, 6) is 1.69. The summed E-state index contributed by atoms with van der Waals surface area (Å²) in [5, 5.41) is 0. The van der Waals surface area contributed by atoms with Crippen molar-refractivity contribution in [2.75, 3.05) is 0 Å². The van der Waals surface area contributed by atoms with E-state index < -0.39 is 0 Å². The standard InChI is InChI=1S/C16H34/c1-9-13(3)14(4)16(8,10-2)12-11-15(5,6)7/h13-14H,9-12H2,1-8H3. The van der Waals surface area contributed by atoms with E-state index in [0.717, 1.165) is 11.8 Å². The van der Waals surface area contributed by atoms with E-state index in [4.69, 9.17) is 0 Å². The zero-order valence-corrected chi connectivity index (χ0v) is 13.0. The number of rotatable bonds is 6. The highest BCUT2D eigenvalue weighted by atomic mass is 14.4. The molecule has 0 spiro atoms. The Kier molecular flexibility index (Phi) is 6.07. The maximum atomic E-state index is 2.50. The smallest absolute Gasteiger partial charge is 0.0300 e. The molecular weight excluding hydrogens is 192 g/mol. The Hall–Kier alpha value is 0. The lowest BCUT2D eigenvalue weighted by molar-refractivity contribution is 0.104. The molecule has 0 aromatic carbocycles. The Morgan fingerprint density at radius 1 is 0.875 bits per heavy atom. The molecule has 0 aliphatic carbocycles. The molecule has 0 saturated heterocycles. The third-order valence-electron chi connectivity index (χ3n) is 4.85. The van der Waals surface area contributed by atoms with Gasteiger partial charge in [0.1, 0.15) is 0 Å². The molecule has 0 aliphatic rings. The minimum absolute atomic E-state index is 0.478. The van der Waals surface area contributed by atoms with Crippen LogP contribution >= 0.6 is 0 Å². The Morgan fingerprint density at radius 2 is 1.38 bits per heavy atom. The molecule has 0 aliphatic heterocycles. The second-order valence-electron chi connectivity index (χ2n) is 7.24. The number of hydrogen-bond donors (Lipinski definition) is 0. The fourth-order valence-electron chi connectivity index (χ4n) is 2.43. The number of hydrogen-bond acceptors (Lipinski definition) is 0. The highest BCUT2D eigenvalue weighted by Crippen LogP contribution is 2.43. The Morgan fingerprint density at radius 3 is 1.69 bits per heavy atom. The molecule has 0 nitrogen and oxygen atoms in total. The van der Waals surface area contributed by atoms with E-state index in [9.17, 15) is 0 Å². The summed E-state index contributed by atoms with van der Waals surface area (Å²) in [6.07, 6.45) is 5.34. The van der Waals surface area contributed by atoms with Gasteiger partial charge in [-0.3, -0.25) is 0 Å². The van der Waals surface area contributed by atoms with E-state index in [1.807, 2.05) is 0 Å². The van der Waals surface area contributed by atoms with Gasteiger partial charge < -0.3 is 0 Å². The van der Waals surface area contributed by atoms with Crippen LogP contribution in [0.15, 0.2) is 0 Å². The molecule has 16 heavy (non-hydrogen) atoms. The van der Waals surface area contributed by atoms with Crippen LogP contribution in [0.3, 0.4) is 0 Å². The summed E-state index contributed by atoms with van der Waals surface area (Å²) < 4.78 is 0. The molecule has 98 valence electrons. The Bertz CT molecular complexity index is 187. The molecule has 0 saturated carbocycles. The molecule has 3 atom stereocenters. The van der Waals surface area contributed by atoms with Crippen molar-refractivity contribution in [3.05, 3.63) is 0 Å². The Balaban J connectivity index is 4.52. The van der Waals surface area contributed by atoms with Crippen LogP contribution in [0.1, 0.15) is 81.1 Å². The predicted molar refractivity (Wildman–Crippen MR) is 75.7 cm³/mol. The minimum Gasteiger partial charge on any atom is -0.0651 e. The quantitative estimate of drug-likeness (QED) is 0.528. The van der Waals surface area contributed by atoms with Gasteiger partial charge in [-0.1, -0.05) is 68.2 Å². The molecular formula is C16H34. The topological polar surface area (TPSA) is 0 Å². The first-order valence-corrected chi connectivity index (χ1v) is 7.16. The zero-order chi connectivity index (χ0) is 13.0. The highest BCUT2D eigenvalue weighted by Gasteiger charge is 2.32. The average molecular weight is 226 g/mol. The molecule has 0 aromatic rings. The molecule has 0 radical (unpaired) electrons. The van der Waals surface area contributed by atoms with Gasteiger partial charge in [-0.15, -0.1) is 0 Å². The van der Waals surface area contributed by atoms with Gasteiger partial charge in [0.05, 0.1) is 0 Å². The largest absolute Gasteiger partial charge is 0.0651 e. The summed E-state index contributed by atoms with van der Waals surface area (Å²) in [5.41, 5.74) is 1.01. The van der Waals surface area contributed by atoms with Crippen LogP contribution in [0.25, 0.3) is 0 Å². The third kappa shape index (κ3) is 4.89. The van der Waals surface area contributed by atoms with E-state index in [1.165, 1.54) is 25.7 Å². The van der Waals surface area contributed by atoms with Gasteiger partial charge in [0.25, 0.3) is 0 Å². The first kappa shape index (κ1) is 16.0. The van der Waals surface area contributed by atoms with Gasteiger partial charge in [0.15, 0.2) is 0 Å². The second kappa shape index (κ2) is 6.07. The highest BCUT2D eigenvalue weighted by molar-refractivity contribution is 4.83. The molecule has 0 heterocycles. The normalized spacial score (nSPS) is 20.2. The predicted octanol–water partition coefficient (Wildman–Crippen LogP) is 5.91. The average Bonchev–Trinajstić information content (AvgIpc) is 2.22.